The van der Waals surface area contributed by atoms with E-state index in [1.54, 1.807) is 0 Å². The van der Waals surface area contributed by atoms with E-state index in [9.17, 15) is 22.7 Å². The highest BCUT2D eigenvalue weighted by Gasteiger charge is 2.58. The van der Waals surface area contributed by atoms with E-state index in [-0.39, 0.29) is 5.75 Å². The number of hydrogen-bond acceptors (Lipinski definition) is 3. The Morgan fingerprint density at radius 1 is 1.33 bits per heavy atom. The minimum absolute atomic E-state index is 0.284. The molecule has 2 unspecified atom stereocenters. The summed E-state index contributed by atoms with van der Waals surface area (Å²) in [5.41, 5.74) is 1.10. The molecule has 0 saturated heterocycles. The van der Waals surface area contributed by atoms with Crippen LogP contribution in [-0.2, 0) is 5.60 Å². The van der Waals surface area contributed by atoms with Gasteiger partial charge < -0.3 is 15.6 Å². The van der Waals surface area contributed by atoms with Gasteiger partial charge in [-0.3, -0.25) is 0 Å². The molecule has 0 spiro atoms. The standard InChI is InChI=1S/C11H13F4NO2/c1-6(16)10(17,11(13,14)15)8-5-7(12)3-4-9(8)18-2/h3-6,17H,16H2,1-2H3. The fraction of sp³-hybridized carbons (Fsp3) is 0.455. The van der Waals surface area contributed by atoms with Crippen LogP contribution in [0.2, 0.25) is 0 Å². The zero-order chi connectivity index (χ0) is 14.1. The molecule has 102 valence electrons. The van der Waals surface area contributed by atoms with Crippen molar-refractivity contribution in [2.24, 2.45) is 5.73 Å². The molecule has 0 amide bonds. The fourth-order valence-electron chi connectivity index (χ4n) is 1.63. The van der Waals surface area contributed by atoms with Gasteiger partial charge in [0.25, 0.3) is 0 Å². The van der Waals surface area contributed by atoms with Crippen LogP contribution in [-0.4, -0.2) is 24.4 Å². The van der Waals surface area contributed by atoms with Crippen molar-refractivity contribution in [1.82, 2.24) is 0 Å². The van der Waals surface area contributed by atoms with E-state index in [1.165, 1.54) is 0 Å². The summed E-state index contributed by atoms with van der Waals surface area (Å²) in [5, 5.41) is 9.84. The van der Waals surface area contributed by atoms with E-state index >= 15 is 0 Å². The van der Waals surface area contributed by atoms with Gasteiger partial charge in [-0.1, -0.05) is 0 Å². The van der Waals surface area contributed by atoms with Crippen molar-refractivity contribution in [1.29, 1.82) is 0 Å². The average Bonchev–Trinajstić information content (AvgIpc) is 2.26. The third kappa shape index (κ3) is 2.28. The van der Waals surface area contributed by atoms with Gasteiger partial charge in [0.2, 0.25) is 5.60 Å². The fourth-order valence-corrected chi connectivity index (χ4v) is 1.63. The van der Waals surface area contributed by atoms with Crippen molar-refractivity contribution in [3.8, 4) is 5.75 Å². The zero-order valence-electron chi connectivity index (χ0n) is 9.75. The van der Waals surface area contributed by atoms with E-state index < -0.39 is 29.2 Å². The molecule has 1 aromatic rings. The quantitative estimate of drug-likeness (QED) is 0.823. The van der Waals surface area contributed by atoms with Gasteiger partial charge in [0.05, 0.1) is 7.11 Å². The summed E-state index contributed by atoms with van der Waals surface area (Å²) in [4.78, 5) is 0. The smallest absolute Gasteiger partial charge is 0.423 e. The average molecular weight is 267 g/mol. The van der Waals surface area contributed by atoms with Gasteiger partial charge in [-0.2, -0.15) is 13.2 Å². The molecule has 0 aromatic heterocycles. The molecule has 3 N–H and O–H groups in total. The van der Waals surface area contributed by atoms with Gasteiger partial charge in [0.1, 0.15) is 11.6 Å². The molecule has 0 heterocycles. The third-order valence-electron chi connectivity index (χ3n) is 2.66. The minimum atomic E-state index is -5.05. The molecule has 0 aliphatic heterocycles. The Hall–Kier alpha value is -1.34. The lowest BCUT2D eigenvalue weighted by Crippen LogP contribution is -2.54. The topological polar surface area (TPSA) is 55.5 Å². The summed E-state index contributed by atoms with van der Waals surface area (Å²) in [6.07, 6.45) is -5.05. The van der Waals surface area contributed by atoms with Crippen molar-refractivity contribution >= 4 is 0 Å². The van der Waals surface area contributed by atoms with E-state index in [0.717, 1.165) is 26.2 Å². The Kier molecular flexibility index (Phi) is 3.87. The molecule has 0 aliphatic rings. The lowest BCUT2D eigenvalue weighted by molar-refractivity contribution is -0.273. The first-order valence-electron chi connectivity index (χ1n) is 5.03. The van der Waals surface area contributed by atoms with Crippen molar-refractivity contribution in [3.63, 3.8) is 0 Å². The summed E-state index contributed by atoms with van der Waals surface area (Å²) in [6, 6.07) is 0.813. The van der Waals surface area contributed by atoms with E-state index in [4.69, 9.17) is 10.5 Å². The lowest BCUT2D eigenvalue weighted by atomic mass is 9.86. The van der Waals surface area contributed by atoms with Gasteiger partial charge in [-0.25, -0.2) is 4.39 Å². The van der Waals surface area contributed by atoms with Crippen LogP contribution in [0, 0.1) is 5.82 Å². The Balaban J connectivity index is 3.53. The van der Waals surface area contributed by atoms with Gasteiger partial charge >= 0.3 is 6.18 Å². The molecule has 0 fully saturated rings. The molecule has 0 aliphatic carbocycles. The molecule has 2 atom stereocenters. The van der Waals surface area contributed by atoms with Crippen molar-refractivity contribution in [2.75, 3.05) is 7.11 Å². The number of hydrogen-bond donors (Lipinski definition) is 2. The van der Waals surface area contributed by atoms with E-state index in [0.29, 0.717) is 6.07 Å². The second kappa shape index (κ2) is 4.74. The zero-order valence-corrected chi connectivity index (χ0v) is 9.75. The second-order valence-corrected chi connectivity index (χ2v) is 3.90. The molecule has 7 heteroatoms. The molecule has 1 rings (SSSR count). The van der Waals surface area contributed by atoms with Crippen LogP contribution in [0.25, 0.3) is 0 Å². The predicted octanol–water partition coefficient (Wildman–Crippen LogP) is 1.93. The maximum absolute atomic E-state index is 13.1. The molecular weight excluding hydrogens is 254 g/mol. The SMILES string of the molecule is COc1ccc(F)cc1C(O)(C(C)N)C(F)(F)F. The molecule has 3 nitrogen and oxygen atoms in total. The monoisotopic (exact) mass is 267 g/mol. The summed E-state index contributed by atoms with van der Waals surface area (Å²) in [5.74, 6) is -1.21. The van der Waals surface area contributed by atoms with E-state index in [2.05, 4.69) is 0 Å². The third-order valence-corrected chi connectivity index (χ3v) is 2.66. The summed E-state index contributed by atoms with van der Waals surface area (Å²) in [6.45, 7) is 0.984. The summed E-state index contributed by atoms with van der Waals surface area (Å²) >= 11 is 0. The maximum Gasteiger partial charge on any atom is 0.423 e. The Labute approximate surface area is 101 Å². The van der Waals surface area contributed by atoms with Crippen LogP contribution in [0.3, 0.4) is 0 Å². The molecule has 0 radical (unpaired) electrons. The van der Waals surface area contributed by atoms with Crippen LogP contribution in [0.15, 0.2) is 18.2 Å². The Bertz CT molecular complexity index is 434. The maximum atomic E-state index is 13.1. The van der Waals surface area contributed by atoms with Crippen LogP contribution in [0.1, 0.15) is 12.5 Å². The molecule has 18 heavy (non-hydrogen) atoms. The second-order valence-electron chi connectivity index (χ2n) is 3.90. The summed E-state index contributed by atoms with van der Waals surface area (Å²) < 4.78 is 56.7. The number of alkyl halides is 3. The lowest BCUT2D eigenvalue weighted by Gasteiger charge is -2.35. The Morgan fingerprint density at radius 3 is 2.28 bits per heavy atom. The molecule has 0 saturated carbocycles. The normalized spacial score (nSPS) is 17.1. The van der Waals surface area contributed by atoms with Crippen LogP contribution in [0.4, 0.5) is 17.6 Å². The van der Waals surface area contributed by atoms with Crippen molar-refractivity contribution in [2.45, 2.75) is 24.7 Å². The number of ether oxygens (including phenoxy) is 1. The van der Waals surface area contributed by atoms with Crippen LogP contribution in [0.5, 0.6) is 5.75 Å². The largest absolute Gasteiger partial charge is 0.496 e. The van der Waals surface area contributed by atoms with E-state index in [1.807, 2.05) is 0 Å². The number of rotatable bonds is 3. The van der Waals surface area contributed by atoms with Crippen LogP contribution < -0.4 is 10.5 Å². The first-order valence-corrected chi connectivity index (χ1v) is 5.03. The highest BCUT2D eigenvalue weighted by Crippen LogP contribution is 2.44. The summed E-state index contributed by atoms with van der Waals surface area (Å²) in [7, 11) is 1.12. The van der Waals surface area contributed by atoms with Gasteiger partial charge in [0, 0.05) is 11.6 Å². The molecule has 1 aromatic carbocycles. The number of halogens is 4. The highest BCUT2D eigenvalue weighted by atomic mass is 19.4. The minimum Gasteiger partial charge on any atom is -0.496 e. The first-order chi connectivity index (χ1) is 8.14. The number of nitrogens with two attached hydrogens (primary N) is 1. The Morgan fingerprint density at radius 2 is 1.89 bits per heavy atom. The van der Waals surface area contributed by atoms with Crippen molar-refractivity contribution in [3.05, 3.63) is 29.6 Å². The number of aliphatic hydroxyl groups is 1. The predicted molar refractivity (Wildman–Crippen MR) is 56.6 cm³/mol. The molecular formula is C11H13F4NO2. The van der Waals surface area contributed by atoms with Crippen LogP contribution >= 0.6 is 0 Å². The molecule has 0 bridgehead atoms. The van der Waals surface area contributed by atoms with Gasteiger partial charge in [0.15, 0.2) is 0 Å². The first kappa shape index (κ1) is 14.7. The highest BCUT2D eigenvalue weighted by molar-refractivity contribution is 5.40. The van der Waals surface area contributed by atoms with Gasteiger partial charge in [-0.05, 0) is 25.1 Å². The van der Waals surface area contributed by atoms with Crippen molar-refractivity contribution < 1.29 is 27.4 Å². The van der Waals surface area contributed by atoms with Gasteiger partial charge in [-0.15, -0.1) is 0 Å². The number of methoxy groups -OCH3 is 1. The number of benzene rings is 1.